The molecule has 0 bridgehead atoms. The van der Waals surface area contributed by atoms with Gasteiger partial charge in [-0.25, -0.2) is 0 Å². The van der Waals surface area contributed by atoms with Gasteiger partial charge in [-0.1, -0.05) is 47.5 Å². The minimum Gasteiger partial charge on any atom is -0.354 e. The summed E-state index contributed by atoms with van der Waals surface area (Å²) in [5.74, 6) is -0.160. The van der Waals surface area contributed by atoms with Crippen LogP contribution in [0.15, 0.2) is 48.5 Å². The lowest BCUT2D eigenvalue weighted by molar-refractivity contribution is -0.123. The molecule has 1 heterocycles. The highest BCUT2D eigenvalue weighted by atomic mass is 35.5. The predicted octanol–water partition coefficient (Wildman–Crippen LogP) is 3.85. The minimum atomic E-state index is -0.462. The van der Waals surface area contributed by atoms with Crippen LogP contribution < -0.4 is 10.2 Å². The maximum atomic E-state index is 12.5. The van der Waals surface area contributed by atoms with Crippen LogP contribution in [0.5, 0.6) is 0 Å². The number of para-hydroxylation sites is 1. The van der Waals surface area contributed by atoms with E-state index < -0.39 is 6.04 Å². The summed E-state index contributed by atoms with van der Waals surface area (Å²) in [6.07, 6.45) is 1.52. The summed E-state index contributed by atoms with van der Waals surface area (Å²) in [5, 5.41) is 4.08. The number of hydrogen-bond donors (Lipinski definition) is 1. The van der Waals surface area contributed by atoms with Gasteiger partial charge in [-0.3, -0.25) is 14.5 Å². The molecule has 1 N–H and O–H groups in total. The van der Waals surface area contributed by atoms with Crippen molar-refractivity contribution in [3.05, 3.63) is 64.1 Å². The van der Waals surface area contributed by atoms with Gasteiger partial charge in [0.2, 0.25) is 11.8 Å². The maximum Gasteiger partial charge on any atom is 0.243 e. The smallest absolute Gasteiger partial charge is 0.243 e. The molecule has 25 heavy (non-hydrogen) atoms. The molecule has 1 unspecified atom stereocenters. The number of benzene rings is 2. The Balaban J connectivity index is 1.61. The van der Waals surface area contributed by atoms with Gasteiger partial charge >= 0.3 is 0 Å². The number of nitrogens with zero attached hydrogens (tertiary/aromatic N) is 1. The number of anilines is 1. The molecule has 3 rings (SSSR count). The number of rotatable bonds is 5. The van der Waals surface area contributed by atoms with Crippen molar-refractivity contribution < 1.29 is 9.59 Å². The Hall–Kier alpha value is -2.04. The quantitative estimate of drug-likeness (QED) is 0.861. The number of amides is 2. The van der Waals surface area contributed by atoms with E-state index in [9.17, 15) is 9.59 Å². The summed E-state index contributed by atoms with van der Waals surface area (Å²) in [7, 11) is 0. The molecule has 1 aliphatic rings. The molecule has 1 aliphatic heterocycles. The molecule has 2 aromatic carbocycles. The second-order valence-electron chi connectivity index (χ2n) is 5.93. The Morgan fingerprint density at radius 2 is 1.92 bits per heavy atom. The van der Waals surface area contributed by atoms with E-state index in [2.05, 4.69) is 5.32 Å². The third-order valence-electron chi connectivity index (χ3n) is 4.26. The number of halogens is 2. The second-order valence-corrected chi connectivity index (χ2v) is 6.77. The fraction of sp³-hybridized carbons (Fsp3) is 0.263. The standard InChI is InChI=1S/C19H18Cl2N2O2/c20-14-7-6-13(16(21)12-14)10-11-22-19(25)17-8-9-18(24)23(17)15-4-2-1-3-5-15/h1-7,12,17H,8-11H2,(H,22,25). The number of carbonyl (C=O) groups excluding carboxylic acids is 2. The highest BCUT2D eigenvalue weighted by molar-refractivity contribution is 6.35. The molecule has 0 aromatic heterocycles. The average Bonchev–Trinajstić information content (AvgIpc) is 2.99. The molecular weight excluding hydrogens is 359 g/mol. The van der Waals surface area contributed by atoms with Gasteiger partial charge in [-0.05, 0) is 42.7 Å². The first-order chi connectivity index (χ1) is 12.1. The molecule has 0 aliphatic carbocycles. The second kappa shape index (κ2) is 7.89. The Kier molecular flexibility index (Phi) is 5.61. The normalized spacial score (nSPS) is 17.0. The third kappa shape index (κ3) is 4.14. The van der Waals surface area contributed by atoms with Gasteiger partial charge in [0.25, 0.3) is 0 Å². The fourth-order valence-corrected chi connectivity index (χ4v) is 3.51. The van der Waals surface area contributed by atoms with Crippen molar-refractivity contribution in [1.29, 1.82) is 0 Å². The van der Waals surface area contributed by atoms with Crippen molar-refractivity contribution in [2.75, 3.05) is 11.4 Å². The summed E-state index contributed by atoms with van der Waals surface area (Å²) >= 11 is 12.0. The Bertz CT molecular complexity index is 780. The van der Waals surface area contributed by atoms with Crippen LogP contribution in [0.2, 0.25) is 10.0 Å². The van der Waals surface area contributed by atoms with Gasteiger partial charge in [0, 0.05) is 28.7 Å². The third-order valence-corrected chi connectivity index (χ3v) is 4.84. The van der Waals surface area contributed by atoms with Crippen LogP contribution in [-0.2, 0) is 16.0 Å². The molecule has 130 valence electrons. The van der Waals surface area contributed by atoms with Crippen LogP contribution in [-0.4, -0.2) is 24.4 Å². The van der Waals surface area contributed by atoms with Crippen LogP contribution in [0.3, 0.4) is 0 Å². The van der Waals surface area contributed by atoms with Gasteiger partial charge in [0.1, 0.15) is 6.04 Å². The van der Waals surface area contributed by atoms with Crippen molar-refractivity contribution in [2.45, 2.75) is 25.3 Å². The van der Waals surface area contributed by atoms with Crippen molar-refractivity contribution in [3.63, 3.8) is 0 Å². The molecule has 1 fully saturated rings. The Labute approximate surface area is 156 Å². The highest BCUT2D eigenvalue weighted by Gasteiger charge is 2.36. The number of carbonyl (C=O) groups is 2. The maximum absolute atomic E-state index is 12.5. The Morgan fingerprint density at radius 1 is 1.16 bits per heavy atom. The van der Waals surface area contributed by atoms with Crippen molar-refractivity contribution in [1.82, 2.24) is 5.32 Å². The molecule has 0 spiro atoms. The molecule has 6 heteroatoms. The monoisotopic (exact) mass is 376 g/mol. The van der Waals surface area contributed by atoms with Crippen molar-refractivity contribution >= 4 is 40.7 Å². The summed E-state index contributed by atoms with van der Waals surface area (Å²) in [6.45, 7) is 0.452. The minimum absolute atomic E-state index is 0.0212. The molecule has 1 atom stereocenters. The molecule has 2 aromatic rings. The zero-order valence-electron chi connectivity index (χ0n) is 13.5. The summed E-state index contributed by atoms with van der Waals surface area (Å²) in [5.41, 5.74) is 1.68. The lowest BCUT2D eigenvalue weighted by Gasteiger charge is -2.24. The van der Waals surface area contributed by atoms with Gasteiger partial charge in [-0.2, -0.15) is 0 Å². The largest absolute Gasteiger partial charge is 0.354 e. The number of nitrogens with one attached hydrogen (secondary N) is 1. The summed E-state index contributed by atoms with van der Waals surface area (Å²) < 4.78 is 0. The van der Waals surface area contributed by atoms with E-state index in [1.54, 1.807) is 17.0 Å². The lowest BCUT2D eigenvalue weighted by Crippen LogP contribution is -2.45. The van der Waals surface area contributed by atoms with E-state index >= 15 is 0 Å². The lowest BCUT2D eigenvalue weighted by atomic mass is 10.1. The van der Waals surface area contributed by atoms with Gasteiger partial charge < -0.3 is 5.32 Å². The molecular formula is C19H18Cl2N2O2. The van der Waals surface area contributed by atoms with Gasteiger partial charge in [0.05, 0.1) is 0 Å². The van der Waals surface area contributed by atoms with E-state index in [-0.39, 0.29) is 11.8 Å². The van der Waals surface area contributed by atoms with E-state index in [1.165, 1.54) is 0 Å². The van der Waals surface area contributed by atoms with E-state index in [0.717, 1.165) is 11.3 Å². The first-order valence-electron chi connectivity index (χ1n) is 8.15. The Morgan fingerprint density at radius 3 is 2.64 bits per heavy atom. The van der Waals surface area contributed by atoms with Crippen LogP contribution in [0.25, 0.3) is 0 Å². The fourth-order valence-electron chi connectivity index (χ4n) is 3.01. The molecule has 2 amide bonds. The van der Waals surface area contributed by atoms with Crippen LogP contribution in [0.4, 0.5) is 5.69 Å². The predicted molar refractivity (Wildman–Crippen MR) is 100 cm³/mol. The molecule has 1 saturated heterocycles. The molecule has 4 nitrogen and oxygen atoms in total. The average molecular weight is 377 g/mol. The van der Waals surface area contributed by atoms with E-state index in [0.29, 0.717) is 35.9 Å². The molecule has 0 radical (unpaired) electrons. The summed E-state index contributed by atoms with van der Waals surface area (Å²) in [4.78, 5) is 26.3. The zero-order valence-corrected chi connectivity index (χ0v) is 15.1. The van der Waals surface area contributed by atoms with E-state index in [4.69, 9.17) is 23.2 Å². The van der Waals surface area contributed by atoms with Crippen molar-refractivity contribution in [2.24, 2.45) is 0 Å². The first-order valence-corrected chi connectivity index (χ1v) is 8.90. The summed E-state index contributed by atoms with van der Waals surface area (Å²) in [6, 6.07) is 14.1. The van der Waals surface area contributed by atoms with Crippen LogP contribution >= 0.6 is 23.2 Å². The van der Waals surface area contributed by atoms with Crippen molar-refractivity contribution in [3.8, 4) is 0 Å². The first kappa shape index (κ1) is 17.8. The van der Waals surface area contributed by atoms with E-state index in [1.807, 2.05) is 36.4 Å². The molecule has 0 saturated carbocycles. The van der Waals surface area contributed by atoms with Crippen LogP contribution in [0, 0.1) is 0 Å². The SMILES string of the molecule is O=C(NCCc1ccc(Cl)cc1Cl)C1CCC(=O)N1c1ccccc1. The van der Waals surface area contributed by atoms with Crippen LogP contribution in [0.1, 0.15) is 18.4 Å². The van der Waals surface area contributed by atoms with Gasteiger partial charge in [-0.15, -0.1) is 0 Å². The van der Waals surface area contributed by atoms with Gasteiger partial charge in [0.15, 0.2) is 0 Å². The topological polar surface area (TPSA) is 49.4 Å². The highest BCUT2D eigenvalue weighted by Crippen LogP contribution is 2.26. The zero-order chi connectivity index (χ0) is 17.8. The number of hydrogen-bond acceptors (Lipinski definition) is 2.